The summed E-state index contributed by atoms with van der Waals surface area (Å²) >= 11 is 0. The third-order valence-corrected chi connectivity index (χ3v) is 9.70. The highest BCUT2D eigenvalue weighted by molar-refractivity contribution is 7.47. The number of allylic oxidation sites excluding steroid dienone is 8. The van der Waals surface area contributed by atoms with Gasteiger partial charge < -0.3 is 20.1 Å². The molecule has 0 aliphatic heterocycles. The number of carbonyl (C=O) groups is 2. The third kappa shape index (κ3) is 39.5. The van der Waals surface area contributed by atoms with Gasteiger partial charge in [0.25, 0.3) is 0 Å². The summed E-state index contributed by atoms with van der Waals surface area (Å²) in [6, 6.07) is 0. The Morgan fingerprint density at radius 3 is 1.62 bits per heavy atom. The number of hydrogen-bond acceptors (Lipinski definition) is 8. The van der Waals surface area contributed by atoms with E-state index >= 15 is 0 Å². The normalized spacial score (nSPS) is 13.8. The number of carbonyl (C=O) groups excluding carboxylic acids is 2. The molecule has 0 aliphatic carbocycles. The maximum absolute atomic E-state index is 12.5. The minimum Gasteiger partial charge on any atom is -0.462 e. The molecule has 0 saturated carbocycles. The largest absolute Gasteiger partial charge is 0.472 e. The smallest absolute Gasteiger partial charge is 0.462 e. The topological polar surface area (TPSA) is 134 Å². The van der Waals surface area contributed by atoms with Gasteiger partial charge in [-0.15, -0.1) is 0 Å². The Balaban J connectivity index is 4.26. The van der Waals surface area contributed by atoms with Crippen LogP contribution in [-0.2, 0) is 32.7 Å². The van der Waals surface area contributed by atoms with E-state index in [4.69, 9.17) is 24.3 Å². The molecule has 0 spiro atoms. The highest BCUT2D eigenvalue weighted by Crippen LogP contribution is 2.43. The van der Waals surface area contributed by atoms with Crippen molar-refractivity contribution in [2.75, 3.05) is 26.4 Å². The SMILES string of the molecule is CCCCCC/C=C/C=C/CCCCCCCC(=O)O[C@H](COC(=O)CCC/C=C/C/C=C/CCCCCCCCCCC)COP(=O)(O)OCCN. The molecule has 0 amide bonds. The van der Waals surface area contributed by atoms with E-state index < -0.39 is 32.5 Å². The number of hydrogen-bond donors (Lipinski definition) is 2. The number of nitrogens with two attached hydrogens (primary N) is 1. The Morgan fingerprint density at radius 2 is 1.06 bits per heavy atom. The maximum Gasteiger partial charge on any atom is 0.472 e. The summed E-state index contributed by atoms with van der Waals surface area (Å²) in [5, 5.41) is 0. The van der Waals surface area contributed by atoms with Crippen molar-refractivity contribution < 1.29 is 37.6 Å². The van der Waals surface area contributed by atoms with Crippen LogP contribution in [0.15, 0.2) is 48.6 Å². The molecule has 308 valence electrons. The van der Waals surface area contributed by atoms with Gasteiger partial charge >= 0.3 is 19.8 Å². The summed E-state index contributed by atoms with van der Waals surface area (Å²) in [5.74, 6) is -0.901. The Hall–Kier alpha value is -2.03. The Bertz CT molecular complexity index is 1010. The van der Waals surface area contributed by atoms with Crippen LogP contribution in [-0.4, -0.2) is 49.3 Å². The average Bonchev–Trinajstić information content (AvgIpc) is 3.14. The van der Waals surface area contributed by atoms with E-state index in [-0.39, 0.29) is 32.6 Å². The first kappa shape index (κ1) is 51.0. The van der Waals surface area contributed by atoms with E-state index in [9.17, 15) is 19.0 Å². The fraction of sp³-hybridized carbons (Fsp3) is 0.767. The zero-order valence-corrected chi connectivity index (χ0v) is 34.6. The lowest BCUT2D eigenvalue weighted by atomic mass is 10.1. The van der Waals surface area contributed by atoms with Crippen LogP contribution in [0.4, 0.5) is 0 Å². The third-order valence-electron chi connectivity index (χ3n) is 8.72. The lowest BCUT2D eigenvalue weighted by molar-refractivity contribution is -0.161. The Kier molecular flexibility index (Phi) is 38.1. The van der Waals surface area contributed by atoms with Crippen molar-refractivity contribution >= 4 is 19.8 Å². The molecule has 0 bridgehead atoms. The summed E-state index contributed by atoms with van der Waals surface area (Å²) in [4.78, 5) is 34.8. The molecule has 0 aliphatic rings. The standard InChI is InChI=1S/C43H78NO8P/c1-3-5-7-9-11-13-15-17-19-20-22-23-25-27-29-31-33-35-42(45)49-39-41(40-51-53(47,48)50-38-37-44)52-43(46)36-34-32-30-28-26-24-21-18-16-14-12-10-8-6-4-2/h14,16,18,21-23,27,29,41H,3-13,15,17,19-20,24-26,28,30-40,44H2,1-2H3,(H,47,48)/b16-14+,21-18+,23-22+,29-27+/t41-/m1/s1. The first-order chi connectivity index (χ1) is 25.8. The van der Waals surface area contributed by atoms with Crippen LogP contribution in [0.25, 0.3) is 0 Å². The van der Waals surface area contributed by atoms with Gasteiger partial charge in [-0.3, -0.25) is 18.6 Å². The number of ether oxygens (including phenoxy) is 2. The summed E-state index contributed by atoms with van der Waals surface area (Å²) < 4.78 is 32.7. The van der Waals surface area contributed by atoms with Gasteiger partial charge in [0, 0.05) is 19.4 Å². The van der Waals surface area contributed by atoms with Gasteiger partial charge in [0.2, 0.25) is 0 Å². The van der Waals surface area contributed by atoms with Crippen LogP contribution >= 0.6 is 7.82 Å². The van der Waals surface area contributed by atoms with Crippen LogP contribution in [0.1, 0.15) is 181 Å². The van der Waals surface area contributed by atoms with Crippen molar-refractivity contribution in [2.45, 2.75) is 187 Å². The molecule has 9 nitrogen and oxygen atoms in total. The van der Waals surface area contributed by atoms with E-state index in [1.807, 2.05) is 0 Å². The van der Waals surface area contributed by atoms with Gasteiger partial charge in [-0.05, 0) is 64.2 Å². The molecule has 0 aromatic heterocycles. The molecule has 0 radical (unpaired) electrons. The van der Waals surface area contributed by atoms with Gasteiger partial charge in [0.15, 0.2) is 6.10 Å². The number of esters is 2. The molecular formula is C43H78NO8P. The van der Waals surface area contributed by atoms with Gasteiger partial charge in [-0.2, -0.15) is 0 Å². The minimum atomic E-state index is -4.39. The van der Waals surface area contributed by atoms with Gasteiger partial charge in [0.1, 0.15) is 6.61 Å². The van der Waals surface area contributed by atoms with E-state index in [0.29, 0.717) is 12.8 Å². The molecule has 0 aromatic rings. The van der Waals surface area contributed by atoms with Gasteiger partial charge in [-0.1, -0.05) is 152 Å². The summed E-state index contributed by atoms with van der Waals surface area (Å²) in [6.45, 7) is 3.64. The number of unbranched alkanes of at least 4 members (excludes halogenated alkanes) is 19. The summed E-state index contributed by atoms with van der Waals surface area (Å²) in [7, 11) is -4.39. The highest BCUT2D eigenvalue weighted by atomic mass is 31.2. The first-order valence-electron chi connectivity index (χ1n) is 21.1. The number of rotatable bonds is 39. The van der Waals surface area contributed by atoms with E-state index in [2.05, 4.69) is 62.5 Å². The fourth-order valence-corrected chi connectivity index (χ4v) is 6.31. The number of phosphoric ester groups is 1. The van der Waals surface area contributed by atoms with Crippen LogP contribution in [0.5, 0.6) is 0 Å². The maximum atomic E-state index is 12.5. The molecule has 0 fully saturated rings. The first-order valence-corrected chi connectivity index (χ1v) is 22.6. The highest BCUT2D eigenvalue weighted by Gasteiger charge is 2.25. The van der Waals surface area contributed by atoms with E-state index in [1.54, 1.807) is 0 Å². The van der Waals surface area contributed by atoms with Gasteiger partial charge in [0.05, 0.1) is 13.2 Å². The number of phosphoric acid groups is 1. The monoisotopic (exact) mass is 768 g/mol. The molecule has 10 heteroatoms. The lowest BCUT2D eigenvalue weighted by Crippen LogP contribution is -2.29. The summed E-state index contributed by atoms with van der Waals surface area (Å²) in [6.07, 6.45) is 44.3. The predicted molar refractivity (Wildman–Crippen MR) is 220 cm³/mol. The van der Waals surface area contributed by atoms with Gasteiger partial charge in [-0.25, -0.2) is 4.57 Å². The molecule has 53 heavy (non-hydrogen) atoms. The second-order valence-corrected chi connectivity index (χ2v) is 15.3. The van der Waals surface area contributed by atoms with Crippen LogP contribution in [0.3, 0.4) is 0 Å². The van der Waals surface area contributed by atoms with Crippen molar-refractivity contribution in [3.8, 4) is 0 Å². The molecular weight excluding hydrogens is 689 g/mol. The van der Waals surface area contributed by atoms with Crippen molar-refractivity contribution in [3.63, 3.8) is 0 Å². The van der Waals surface area contributed by atoms with Crippen molar-refractivity contribution in [3.05, 3.63) is 48.6 Å². The Morgan fingerprint density at radius 1 is 0.585 bits per heavy atom. The summed E-state index contributed by atoms with van der Waals surface area (Å²) in [5.41, 5.74) is 5.34. The zero-order valence-electron chi connectivity index (χ0n) is 33.7. The molecule has 2 atom stereocenters. The van der Waals surface area contributed by atoms with Crippen molar-refractivity contribution in [2.24, 2.45) is 5.73 Å². The van der Waals surface area contributed by atoms with E-state index in [0.717, 1.165) is 57.8 Å². The minimum absolute atomic E-state index is 0.0442. The molecule has 3 N–H and O–H groups in total. The Labute approximate surface area is 324 Å². The molecule has 0 aromatic carbocycles. The second kappa shape index (κ2) is 39.7. The quantitative estimate of drug-likeness (QED) is 0.0206. The lowest BCUT2D eigenvalue weighted by Gasteiger charge is -2.19. The van der Waals surface area contributed by atoms with Crippen molar-refractivity contribution in [1.29, 1.82) is 0 Å². The fourth-order valence-electron chi connectivity index (χ4n) is 5.55. The molecule has 0 saturated heterocycles. The predicted octanol–water partition coefficient (Wildman–Crippen LogP) is 11.9. The average molecular weight is 768 g/mol. The van der Waals surface area contributed by atoms with Crippen LogP contribution < -0.4 is 5.73 Å². The van der Waals surface area contributed by atoms with E-state index in [1.165, 1.54) is 83.5 Å². The molecule has 1 unspecified atom stereocenters. The van der Waals surface area contributed by atoms with Crippen LogP contribution in [0, 0.1) is 0 Å². The molecule has 0 heterocycles. The zero-order chi connectivity index (χ0) is 38.9. The molecule has 0 rings (SSSR count). The van der Waals surface area contributed by atoms with Crippen molar-refractivity contribution in [1.82, 2.24) is 0 Å². The second-order valence-electron chi connectivity index (χ2n) is 13.9. The van der Waals surface area contributed by atoms with Crippen LogP contribution in [0.2, 0.25) is 0 Å².